The second kappa shape index (κ2) is 9.89. The Morgan fingerprint density at radius 1 is 1.10 bits per heavy atom. The lowest BCUT2D eigenvalue weighted by atomic mass is 10.2. The highest BCUT2D eigenvalue weighted by molar-refractivity contribution is 5.58. The highest BCUT2D eigenvalue weighted by Gasteiger charge is 2.11. The second-order valence-corrected chi connectivity index (χ2v) is 6.48. The molecule has 0 aliphatic heterocycles. The van der Waals surface area contributed by atoms with Crippen LogP contribution in [0.4, 0.5) is 22.7 Å². The molecule has 0 spiro atoms. The van der Waals surface area contributed by atoms with Crippen molar-refractivity contribution >= 4 is 22.7 Å². The normalized spacial score (nSPS) is 10.7. The van der Waals surface area contributed by atoms with Crippen LogP contribution in [0, 0.1) is 21.4 Å². The van der Waals surface area contributed by atoms with Crippen molar-refractivity contribution in [1.29, 1.82) is 5.26 Å². The van der Waals surface area contributed by atoms with E-state index in [0.29, 0.717) is 11.4 Å². The molecule has 3 aromatic rings. The third-order valence-electron chi connectivity index (χ3n) is 4.59. The van der Waals surface area contributed by atoms with Crippen LogP contribution < -0.4 is 9.47 Å². The number of azo groups is 1. The molecule has 1 aromatic heterocycles. The van der Waals surface area contributed by atoms with Crippen molar-refractivity contribution in [3.63, 3.8) is 0 Å². The molecule has 8 heteroatoms. The van der Waals surface area contributed by atoms with Gasteiger partial charge in [0.1, 0.15) is 11.8 Å². The minimum Gasteiger partial charge on any atom is -0.365 e. The zero-order valence-electron chi connectivity index (χ0n) is 16.5. The number of nitro benzene ring substituents is 1. The molecule has 30 heavy (non-hydrogen) atoms. The summed E-state index contributed by atoms with van der Waals surface area (Å²) in [7, 11) is 0. The molecule has 0 saturated heterocycles. The molecule has 0 fully saturated rings. The Bertz CT molecular complexity index is 1080. The average Bonchev–Trinajstić information content (AvgIpc) is 2.79. The molecule has 0 aliphatic rings. The minimum atomic E-state index is -0.545. The molecular formula is C22H21N6O2+. The summed E-state index contributed by atoms with van der Waals surface area (Å²) in [6.45, 7) is 4.75. The maximum Gasteiger partial charge on any atom is 0.270 e. The van der Waals surface area contributed by atoms with Crippen LogP contribution in [0.1, 0.15) is 12.5 Å². The van der Waals surface area contributed by atoms with Gasteiger partial charge in [-0.05, 0) is 37.3 Å². The number of hydrogen-bond donors (Lipinski definition) is 0. The van der Waals surface area contributed by atoms with Crippen molar-refractivity contribution in [1.82, 2.24) is 0 Å². The minimum absolute atomic E-state index is 0.111. The quantitative estimate of drug-likeness (QED) is 0.236. The number of nitriles is 1. The van der Waals surface area contributed by atoms with Crippen LogP contribution >= 0.6 is 0 Å². The van der Waals surface area contributed by atoms with Gasteiger partial charge in [-0.25, -0.2) is 4.57 Å². The van der Waals surface area contributed by atoms with Crippen molar-refractivity contribution in [3.8, 4) is 6.07 Å². The van der Waals surface area contributed by atoms with Crippen LogP contribution in [-0.4, -0.2) is 18.0 Å². The van der Waals surface area contributed by atoms with Crippen LogP contribution in [0.25, 0.3) is 0 Å². The van der Waals surface area contributed by atoms with Gasteiger partial charge in [0.2, 0.25) is 0 Å². The standard InChI is InChI=1S/C22H21N6O2/c1-2-27(15-14-26-12-4-3-5-13-26)20-8-6-19(7-9-20)24-25-22-11-10-21(28(29)30)16-18(22)17-23/h3-13,16H,2,14-15H2,1H3/q+1. The van der Waals surface area contributed by atoms with E-state index in [-0.39, 0.29) is 11.3 Å². The Balaban J connectivity index is 1.69. The molecule has 150 valence electrons. The Labute approximate surface area is 174 Å². The number of nitro groups is 1. The van der Waals surface area contributed by atoms with Gasteiger partial charge in [0.05, 0.1) is 22.7 Å². The molecule has 0 aliphatic carbocycles. The van der Waals surface area contributed by atoms with Gasteiger partial charge >= 0.3 is 0 Å². The number of rotatable bonds is 8. The van der Waals surface area contributed by atoms with Crippen LogP contribution in [0.5, 0.6) is 0 Å². The van der Waals surface area contributed by atoms with E-state index >= 15 is 0 Å². The Kier molecular flexibility index (Phi) is 6.79. The summed E-state index contributed by atoms with van der Waals surface area (Å²) >= 11 is 0. The van der Waals surface area contributed by atoms with Crippen molar-refractivity contribution < 1.29 is 9.49 Å². The van der Waals surface area contributed by atoms with E-state index in [1.165, 1.54) is 18.2 Å². The molecule has 3 rings (SSSR count). The fourth-order valence-electron chi connectivity index (χ4n) is 2.95. The zero-order chi connectivity index (χ0) is 21.3. The number of hydrogen-bond acceptors (Lipinski definition) is 6. The fourth-order valence-corrected chi connectivity index (χ4v) is 2.95. The second-order valence-electron chi connectivity index (χ2n) is 6.48. The zero-order valence-corrected chi connectivity index (χ0v) is 16.5. The van der Waals surface area contributed by atoms with E-state index in [9.17, 15) is 15.4 Å². The Hall–Kier alpha value is -4.12. The molecule has 1 heterocycles. The van der Waals surface area contributed by atoms with Gasteiger partial charge in [-0.3, -0.25) is 10.1 Å². The SMILES string of the molecule is CCN(CC[n+]1ccccc1)c1ccc(N=Nc2ccc([N+](=O)[O-])cc2C#N)cc1. The molecule has 0 atom stereocenters. The molecular weight excluding hydrogens is 380 g/mol. The van der Waals surface area contributed by atoms with E-state index in [0.717, 1.165) is 25.3 Å². The van der Waals surface area contributed by atoms with Crippen molar-refractivity contribution in [2.45, 2.75) is 13.5 Å². The number of pyridine rings is 1. The van der Waals surface area contributed by atoms with Gasteiger partial charge in [0.15, 0.2) is 18.9 Å². The Morgan fingerprint density at radius 2 is 1.83 bits per heavy atom. The monoisotopic (exact) mass is 401 g/mol. The lowest BCUT2D eigenvalue weighted by Crippen LogP contribution is -2.40. The summed E-state index contributed by atoms with van der Waals surface area (Å²) in [5.41, 5.74) is 1.97. The van der Waals surface area contributed by atoms with Gasteiger partial charge in [-0.1, -0.05) is 6.07 Å². The van der Waals surface area contributed by atoms with E-state index < -0.39 is 4.92 Å². The smallest absolute Gasteiger partial charge is 0.270 e. The summed E-state index contributed by atoms with van der Waals surface area (Å²) in [6.07, 6.45) is 4.09. The third kappa shape index (κ3) is 5.23. The summed E-state index contributed by atoms with van der Waals surface area (Å²) < 4.78 is 2.14. The molecule has 0 N–H and O–H groups in total. The molecule has 2 aromatic carbocycles. The predicted octanol–water partition coefficient (Wildman–Crippen LogP) is 4.70. The number of anilines is 1. The number of non-ortho nitro benzene ring substituents is 1. The average molecular weight is 401 g/mol. The summed E-state index contributed by atoms with van der Waals surface area (Å²) in [4.78, 5) is 12.6. The first-order valence-corrected chi connectivity index (χ1v) is 9.50. The van der Waals surface area contributed by atoms with Gasteiger partial charge in [0.25, 0.3) is 5.69 Å². The van der Waals surface area contributed by atoms with Crippen LogP contribution in [0.3, 0.4) is 0 Å². The largest absolute Gasteiger partial charge is 0.365 e. The lowest BCUT2D eigenvalue weighted by Gasteiger charge is -2.21. The number of nitrogens with zero attached hydrogens (tertiary/aromatic N) is 6. The molecule has 8 nitrogen and oxygen atoms in total. The molecule has 0 radical (unpaired) electrons. The van der Waals surface area contributed by atoms with E-state index in [2.05, 4.69) is 26.6 Å². The maximum absolute atomic E-state index is 10.8. The van der Waals surface area contributed by atoms with Crippen LogP contribution in [-0.2, 0) is 6.54 Å². The Morgan fingerprint density at radius 3 is 2.47 bits per heavy atom. The van der Waals surface area contributed by atoms with E-state index in [4.69, 9.17) is 0 Å². The van der Waals surface area contributed by atoms with Crippen LogP contribution in [0.2, 0.25) is 0 Å². The lowest BCUT2D eigenvalue weighted by molar-refractivity contribution is -0.694. The van der Waals surface area contributed by atoms with Crippen LogP contribution in [0.15, 0.2) is 83.3 Å². The van der Waals surface area contributed by atoms with Gasteiger partial charge in [0, 0.05) is 36.5 Å². The summed E-state index contributed by atoms with van der Waals surface area (Å²) in [6, 6.07) is 19.5. The number of aromatic nitrogens is 1. The molecule has 0 saturated carbocycles. The first kappa shape index (κ1) is 20.6. The number of benzene rings is 2. The topological polar surface area (TPSA) is 98.8 Å². The van der Waals surface area contributed by atoms with Crippen molar-refractivity contribution in [2.75, 3.05) is 18.0 Å². The maximum atomic E-state index is 10.8. The van der Waals surface area contributed by atoms with Gasteiger partial charge in [-0.2, -0.15) is 10.4 Å². The molecule has 0 unspecified atom stereocenters. The highest BCUT2D eigenvalue weighted by Crippen LogP contribution is 2.27. The van der Waals surface area contributed by atoms with E-state index in [1.54, 1.807) is 0 Å². The van der Waals surface area contributed by atoms with Gasteiger partial charge < -0.3 is 4.90 Å². The predicted molar refractivity (Wildman–Crippen MR) is 113 cm³/mol. The first-order valence-electron chi connectivity index (χ1n) is 9.50. The number of likely N-dealkylation sites (N-methyl/N-ethyl adjacent to an activating group) is 1. The molecule has 0 bridgehead atoms. The highest BCUT2D eigenvalue weighted by atomic mass is 16.6. The van der Waals surface area contributed by atoms with Crippen molar-refractivity contribution in [2.24, 2.45) is 10.2 Å². The summed E-state index contributed by atoms with van der Waals surface area (Å²) in [5.74, 6) is 0. The fraction of sp³-hybridized carbons (Fsp3) is 0.182. The van der Waals surface area contributed by atoms with Crippen molar-refractivity contribution in [3.05, 3.63) is 88.7 Å². The molecule has 0 amide bonds. The van der Waals surface area contributed by atoms with Gasteiger partial charge in [-0.15, -0.1) is 5.11 Å². The third-order valence-corrected chi connectivity index (χ3v) is 4.59. The van der Waals surface area contributed by atoms with E-state index in [1.807, 2.05) is 60.9 Å². The first-order chi connectivity index (χ1) is 14.6. The summed E-state index contributed by atoms with van der Waals surface area (Å²) in [5, 5.41) is 28.3.